The molecule has 3 rings (SSSR count). The number of phenolic OH excluding ortho intramolecular Hbond substituents is 1. The van der Waals surface area contributed by atoms with Crippen LogP contribution in [-0.2, 0) is 11.0 Å². The number of phenols is 1. The average molecular weight is 413 g/mol. The lowest BCUT2D eigenvalue weighted by Crippen LogP contribution is -2.37. The molecule has 2 atom stereocenters. The number of hydrogen-bond donors (Lipinski definition) is 3. The first kappa shape index (κ1) is 21.3. The van der Waals surface area contributed by atoms with E-state index in [4.69, 9.17) is 27.1 Å². The Labute approximate surface area is 163 Å². The van der Waals surface area contributed by atoms with Crippen LogP contribution < -0.4 is 0 Å². The van der Waals surface area contributed by atoms with Crippen LogP contribution in [0.3, 0.4) is 0 Å². The van der Waals surface area contributed by atoms with Crippen molar-refractivity contribution in [3.63, 3.8) is 0 Å². The molecule has 1 aliphatic rings. The minimum Gasteiger partial charge on any atom is -0.508 e. The highest BCUT2D eigenvalue weighted by Crippen LogP contribution is 2.27. The second kappa shape index (κ2) is 9.26. The normalized spacial score (nSPS) is 20.4. The van der Waals surface area contributed by atoms with E-state index in [1.807, 2.05) is 0 Å². The van der Waals surface area contributed by atoms with Crippen molar-refractivity contribution in [3.8, 4) is 11.8 Å². The molecule has 2 aromatic rings. The first-order valence-corrected chi connectivity index (χ1v) is 9.41. The molecule has 0 aromatic heterocycles. The minimum absolute atomic E-state index is 0.0576. The maximum absolute atomic E-state index is 12.5. The van der Waals surface area contributed by atoms with Crippen molar-refractivity contribution in [2.75, 3.05) is 19.7 Å². The number of halogens is 2. The van der Waals surface area contributed by atoms with Crippen molar-refractivity contribution in [1.82, 2.24) is 4.31 Å². The summed E-state index contributed by atoms with van der Waals surface area (Å²) in [6, 6.07) is 12.0. The van der Waals surface area contributed by atoms with Crippen molar-refractivity contribution in [1.29, 1.82) is 5.26 Å². The van der Waals surface area contributed by atoms with E-state index in [-0.39, 0.29) is 24.5 Å². The smallest absolute Gasteiger partial charge is 0.144 e. The van der Waals surface area contributed by atoms with Gasteiger partial charge in [0.15, 0.2) is 0 Å². The molecule has 9 heteroatoms. The number of aliphatic hydroxyl groups is 2. The molecule has 0 amide bonds. The Hall–Kier alpha value is -2.02. The van der Waals surface area contributed by atoms with Crippen molar-refractivity contribution in [2.45, 2.75) is 16.9 Å². The van der Waals surface area contributed by atoms with Crippen LogP contribution in [0.25, 0.3) is 0 Å². The molecule has 0 spiro atoms. The lowest BCUT2D eigenvalue weighted by atomic mass is 10.1. The zero-order chi connectivity index (χ0) is 20.0. The fourth-order valence-electron chi connectivity index (χ4n) is 2.41. The molecule has 1 heterocycles. The molecule has 1 aliphatic heterocycles. The summed E-state index contributed by atoms with van der Waals surface area (Å²) in [4.78, 5) is 0.538. The van der Waals surface area contributed by atoms with Crippen molar-refractivity contribution in [3.05, 3.63) is 58.9 Å². The molecular weight excluding hydrogens is 395 g/mol. The molecule has 0 saturated carbocycles. The molecule has 0 bridgehead atoms. The Morgan fingerprint density at radius 1 is 1.33 bits per heavy atom. The fourth-order valence-corrected chi connectivity index (χ4v) is 4.07. The third-order valence-electron chi connectivity index (χ3n) is 3.92. The molecule has 6 nitrogen and oxygen atoms in total. The Bertz CT molecular complexity index is 877. The van der Waals surface area contributed by atoms with Crippen molar-refractivity contribution in [2.24, 2.45) is 0 Å². The van der Waals surface area contributed by atoms with Crippen LogP contribution in [0.1, 0.15) is 12.0 Å². The van der Waals surface area contributed by atoms with E-state index in [2.05, 4.69) is 0 Å². The molecule has 2 unspecified atom stereocenters. The van der Waals surface area contributed by atoms with Gasteiger partial charge >= 0.3 is 0 Å². The van der Waals surface area contributed by atoms with E-state index in [1.165, 1.54) is 12.1 Å². The van der Waals surface area contributed by atoms with Gasteiger partial charge in [0.1, 0.15) is 34.2 Å². The number of rotatable bonds is 3. The van der Waals surface area contributed by atoms with Gasteiger partial charge in [-0.3, -0.25) is 0 Å². The zero-order valence-electron chi connectivity index (χ0n) is 14.2. The summed E-state index contributed by atoms with van der Waals surface area (Å²) >= 11 is 5.97. The Balaban J connectivity index is 0.000000223. The SMILES string of the molecule is N#Cc1ccc(O)cc1F.O=S(c1ccccc1Cl)N1CCC(O)(CO)C1. The summed E-state index contributed by atoms with van der Waals surface area (Å²) in [5.41, 5.74) is -1.20. The van der Waals surface area contributed by atoms with Crippen LogP contribution in [-0.4, -0.2) is 49.1 Å². The van der Waals surface area contributed by atoms with E-state index in [0.717, 1.165) is 6.07 Å². The van der Waals surface area contributed by atoms with Crippen LogP contribution >= 0.6 is 11.6 Å². The summed E-state index contributed by atoms with van der Waals surface area (Å²) in [6.45, 7) is 0.361. The van der Waals surface area contributed by atoms with Gasteiger partial charge in [0.25, 0.3) is 0 Å². The zero-order valence-corrected chi connectivity index (χ0v) is 15.8. The van der Waals surface area contributed by atoms with Crippen LogP contribution in [0.5, 0.6) is 5.75 Å². The number of hydrogen-bond acceptors (Lipinski definition) is 5. The van der Waals surface area contributed by atoms with Gasteiger partial charge in [-0.1, -0.05) is 23.7 Å². The molecule has 27 heavy (non-hydrogen) atoms. The second-order valence-electron chi connectivity index (χ2n) is 5.95. The van der Waals surface area contributed by atoms with E-state index < -0.39 is 22.4 Å². The number of nitrogens with zero attached hydrogens (tertiary/aromatic N) is 2. The summed E-state index contributed by atoms with van der Waals surface area (Å²) in [7, 11) is -1.39. The Morgan fingerprint density at radius 3 is 2.59 bits per heavy atom. The largest absolute Gasteiger partial charge is 0.508 e. The predicted octanol–water partition coefficient (Wildman–Crippen LogP) is 2.19. The van der Waals surface area contributed by atoms with E-state index in [9.17, 15) is 13.7 Å². The number of nitriles is 1. The lowest BCUT2D eigenvalue weighted by Gasteiger charge is -2.20. The van der Waals surface area contributed by atoms with Crippen LogP contribution in [0, 0.1) is 17.1 Å². The van der Waals surface area contributed by atoms with Gasteiger partial charge in [0.2, 0.25) is 0 Å². The fraction of sp³-hybridized carbons (Fsp3) is 0.278. The molecule has 2 aromatic carbocycles. The summed E-state index contributed by atoms with van der Waals surface area (Å²) < 4.78 is 26.3. The van der Waals surface area contributed by atoms with Crippen molar-refractivity contribution >= 4 is 22.6 Å². The summed E-state index contributed by atoms with van der Waals surface area (Å²) in [6.07, 6.45) is 0.416. The molecular formula is C18H18ClFN2O4S. The summed E-state index contributed by atoms with van der Waals surface area (Å²) in [5, 5.41) is 36.3. The van der Waals surface area contributed by atoms with Crippen molar-refractivity contribution < 1.29 is 23.9 Å². The maximum Gasteiger partial charge on any atom is 0.144 e. The molecule has 0 radical (unpaired) electrons. The average Bonchev–Trinajstić information content (AvgIpc) is 3.05. The quantitative estimate of drug-likeness (QED) is 0.716. The van der Waals surface area contributed by atoms with Crippen LogP contribution in [0.4, 0.5) is 4.39 Å². The molecule has 3 N–H and O–H groups in total. The van der Waals surface area contributed by atoms with Gasteiger partial charge in [0, 0.05) is 19.2 Å². The Kier molecular flexibility index (Phi) is 7.30. The van der Waals surface area contributed by atoms with Gasteiger partial charge in [-0.05, 0) is 30.7 Å². The monoisotopic (exact) mass is 412 g/mol. The number of aromatic hydroxyl groups is 1. The highest BCUT2D eigenvalue weighted by Gasteiger charge is 2.38. The first-order valence-electron chi connectivity index (χ1n) is 7.93. The third-order valence-corrected chi connectivity index (χ3v) is 5.88. The molecule has 0 aliphatic carbocycles. The van der Waals surface area contributed by atoms with Crippen LogP contribution in [0.2, 0.25) is 5.02 Å². The van der Waals surface area contributed by atoms with Gasteiger partial charge in [0.05, 0.1) is 22.1 Å². The van der Waals surface area contributed by atoms with Gasteiger partial charge in [-0.15, -0.1) is 0 Å². The topological polar surface area (TPSA) is 105 Å². The maximum atomic E-state index is 12.5. The minimum atomic E-state index is -1.39. The number of β-amino-alcohol motifs (C(OH)–C–C–N with tert-alkyl or cyclic N) is 1. The van der Waals surface area contributed by atoms with Gasteiger partial charge in [-0.2, -0.15) is 5.26 Å². The number of benzene rings is 2. The van der Waals surface area contributed by atoms with E-state index in [0.29, 0.717) is 22.9 Å². The molecule has 144 valence electrons. The summed E-state index contributed by atoms with van der Waals surface area (Å²) in [5.74, 6) is -0.862. The van der Waals surface area contributed by atoms with Gasteiger partial charge < -0.3 is 15.3 Å². The van der Waals surface area contributed by atoms with E-state index >= 15 is 0 Å². The lowest BCUT2D eigenvalue weighted by molar-refractivity contribution is -0.000502. The predicted molar refractivity (Wildman–Crippen MR) is 98.9 cm³/mol. The van der Waals surface area contributed by atoms with Crippen LogP contribution in [0.15, 0.2) is 47.4 Å². The highest BCUT2D eigenvalue weighted by molar-refractivity contribution is 7.82. The highest BCUT2D eigenvalue weighted by atomic mass is 35.5. The molecule has 1 saturated heterocycles. The second-order valence-corrected chi connectivity index (χ2v) is 7.81. The standard InChI is InChI=1S/C11H14ClNO3S.C7H4FNO/c12-9-3-1-2-4-10(9)17(16)13-6-5-11(15,7-13)8-14;8-7-3-6(10)2-1-5(7)4-9/h1-4,14-15H,5-8H2;1-3,10H. The third kappa shape index (κ3) is 5.48. The van der Waals surface area contributed by atoms with E-state index in [1.54, 1.807) is 34.6 Å². The number of aliphatic hydroxyl groups excluding tert-OH is 1. The van der Waals surface area contributed by atoms with Gasteiger partial charge in [-0.25, -0.2) is 12.9 Å². The molecule has 1 fully saturated rings. The first-order chi connectivity index (χ1) is 12.8. The Morgan fingerprint density at radius 2 is 2.04 bits per heavy atom.